The number of aromatic hydroxyl groups is 1. The second-order valence-corrected chi connectivity index (χ2v) is 5.96. The molecule has 1 N–H and O–H groups in total. The number of benzene rings is 1. The van der Waals surface area contributed by atoms with E-state index in [0.29, 0.717) is 23.5 Å². The van der Waals surface area contributed by atoms with Gasteiger partial charge in [-0.3, -0.25) is 0 Å². The zero-order valence-corrected chi connectivity index (χ0v) is 13.4. The van der Waals surface area contributed by atoms with E-state index in [1.54, 1.807) is 47.7 Å². The van der Waals surface area contributed by atoms with Crippen LogP contribution in [0.15, 0.2) is 48.7 Å². The summed E-state index contributed by atoms with van der Waals surface area (Å²) in [7, 11) is 0. The zero-order valence-electron chi connectivity index (χ0n) is 13.4. The summed E-state index contributed by atoms with van der Waals surface area (Å²) >= 11 is 0. The monoisotopic (exact) mass is 337 g/mol. The van der Waals surface area contributed by atoms with Gasteiger partial charge in [0, 0.05) is 18.5 Å². The van der Waals surface area contributed by atoms with Crippen LogP contribution in [0.1, 0.15) is 25.0 Å². The summed E-state index contributed by atoms with van der Waals surface area (Å²) in [5, 5.41) is 18.4. The highest BCUT2D eigenvalue weighted by Crippen LogP contribution is 2.30. The van der Waals surface area contributed by atoms with Crippen molar-refractivity contribution in [3.63, 3.8) is 0 Å². The molecule has 7 heteroatoms. The fourth-order valence-electron chi connectivity index (χ4n) is 2.94. The second-order valence-electron chi connectivity index (χ2n) is 5.96. The minimum Gasteiger partial charge on any atom is -0.507 e. The smallest absolute Gasteiger partial charge is 0.185 e. The molecule has 1 atom stereocenters. The van der Waals surface area contributed by atoms with Gasteiger partial charge in [-0.25, -0.2) is 14.4 Å². The number of hydrogen-bond acceptors (Lipinski definition) is 5. The number of halogens is 1. The lowest BCUT2D eigenvalue weighted by molar-refractivity contribution is 0.391. The van der Waals surface area contributed by atoms with Gasteiger partial charge in [0.25, 0.3) is 0 Å². The van der Waals surface area contributed by atoms with E-state index in [1.807, 2.05) is 6.07 Å². The molecule has 4 rings (SSSR count). The fourth-order valence-corrected chi connectivity index (χ4v) is 2.94. The number of aromatic nitrogens is 5. The summed E-state index contributed by atoms with van der Waals surface area (Å²) in [6, 6.07) is 5.18. The SMILES string of the molecule is Oc1cc(-n2ccnc2)ccc1-c1ncc(/C=C2/CCC[C@H]2F)nn1. The molecule has 2 heterocycles. The highest BCUT2D eigenvalue weighted by molar-refractivity contribution is 5.66. The van der Waals surface area contributed by atoms with Crippen LogP contribution in [0.5, 0.6) is 5.75 Å². The van der Waals surface area contributed by atoms with E-state index in [0.717, 1.165) is 24.1 Å². The molecule has 6 nitrogen and oxygen atoms in total. The number of alkyl halides is 1. The summed E-state index contributed by atoms with van der Waals surface area (Å²) in [6.45, 7) is 0. The summed E-state index contributed by atoms with van der Waals surface area (Å²) in [5.41, 5.74) is 2.54. The molecule has 2 aromatic heterocycles. The molecule has 0 radical (unpaired) electrons. The molecule has 3 aromatic rings. The minimum atomic E-state index is -0.888. The van der Waals surface area contributed by atoms with Crippen LogP contribution in [0.25, 0.3) is 23.2 Å². The Morgan fingerprint density at radius 3 is 2.84 bits per heavy atom. The fraction of sp³-hybridized carbons (Fsp3) is 0.222. The molecule has 126 valence electrons. The van der Waals surface area contributed by atoms with Gasteiger partial charge in [0.1, 0.15) is 17.6 Å². The summed E-state index contributed by atoms with van der Waals surface area (Å²) in [6.07, 6.45) is 9.66. The lowest BCUT2D eigenvalue weighted by atomic mass is 10.1. The largest absolute Gasteiger partial charge is 0.507 e. The molecule has 1 aromatic carbocycles. The Bertz CT molecular complexity index is 906. The maximum absolute atomic E-state index is 13.6. The molecule has 1 saturated carbocycles. The zero-order chi connectivity index (χ0) is 17.2. The van der Waals surface area contributed by atoms with Gasteiger partial charge in [-0.15, -0.1) is 10.2 Å². The predicted molar refractivity (Wildman–Crippen MR) is 90.8 cm³/mol. The Kier molecular flexibility index (Phi) is 3.97. The maximum atomic E-state index is 13.6. The molecule has 0 spiro atoms. The maximum Gasteiger partial charge on any atom is 0.185 e. The Morgan fingerprint density at radius 1 is 1.28 bits per heavy atom. The second kappa shape index (κ2) is 6.43. The van der Waals surface area contributed by atoms with Gasteiger partial charge in [-0.2, -0.15) is 0 Å². The van der Waals surface area contributed by atoms with Gasteiger partial charge in [0.15, 0.2) is 5.82 Å². The number of rotatable bonds is 3. The van der Waals surface area contributed by atoms with Gasteiger partial charge < -0.3 is 9.67 Å². The first-order valence-corrected chi connectivity index (χ1v) is 8.07. The Labute approximate surface area is 143 Å². The molecule has 25 heavy (non-hydrogen) atoms. The third-order valence-electron chi connectivity index (χ3n) is 4.26. The van der Waals surface area contributed by atoms with Crippen LogP contribution in [-0.4, -0.2) is 36.0 Å². The van der Waals surface area contributed by atoms with E-state index in [4.69, 9.17) is 0 Å². The summed E-state index contributed by atoms with van der Waals surface area (Å²) in [4.78, 5) is 8.23. The van der Waals surface area contributed by atoms with Crippen molar-refractivity contribution in [2.45, 2.75) is 25.4 Å². The van der Waals surface area contributed by atoms with Gasteiger partial charge in [-0.05, 0) is 43.0 Å². The van der Waals surface area contributed by atoms with Crippen molar-refractivity contribution in [3.8, 4) is 22.8 Å². The van der Waals surface area contributed by atoms with E-state index < -0.39 is 6.17 Å². The number of phenols is 1. The van der Waals surface area contributed by atoms with Crippen molar-refractivity contribution in [1.29, 1.82) is 0 Å². The van der Waals surface area contributed by atoms with Gasteiger partial charge >= 0.3 is 0 Å². The number of allylic oxidation sites excluding steroid dienone is 1. The Morgan fingerprint density at radius 2 is 2.20 bits per heavy atom. The Balaban J connectivity index is 1.60. The van der Waals surface area contributed by atoms with Crippen molar-refractivity contribution in [2.24, 2.45) is 0 Å². The number of hydrogen-bond donors (Lipinski definition) is 1. The van der Waals surface area contributed by atoms with Crippen molar-refractivity contribution >= 4 is 6.08 Å². The Hall–Kier alpha value is -3.09. The van der Waals surface area contributed by atoms with E-state index in [9.17, 15) is 9.50 Å². The molecule has 0 unspecified atom stereocenters. The van der Waals surface area contributed by atoms with Crippen LogP contribution in [0, 0.1) is 0 Å². The van der Waals surface area contributed by atoms with Crippen LogP contribution in [-0.2, 0) is 0 Å². The first kappa shape index (κ1) is 15.4. The third-order valence-corrected chi connectivity index (χ3v) is 4.26. The first-order chi connectivity index (χ1) is 12.2. The van der Waals surface area contributed by atoms with Gasteiger partial charge in [0.2, 0.25) is 0 Å². The molecule has 1 aliphatic rings. The van der Waals surface area contributed by atoms with E-state index in [-0.39, 0.29) is 5.75 Å². The lowest BCUT2D eigenvalue weighted by Crippen LogP contribution is -1.98. The molecule has 1 fully saturated rings. The number of phenolic OH excluding ortho intramolecular Hbond substituents is 1. The van der Waals surface area contributed by atoms with E-state index in [1.165, 1.54) is 0 Å². The highest BCUT2D eigenvalue weighted by Gasteiger charge is 2.20. The molecule has 0 aliphatic heterocycles. The first-order valence-electron chi connectivity index (χ1n) is 8.07. The van der Waals surface area contributed by atoms with Crippen LogP contribution in [0.2, 0.25) is 0 Å². The summed E-state index contributed by atoms with van der Waals surface area (Å²) < 4.78 is 15.4. The van der Waals surface area contributed by atoms with E-state index in [2.05, 4.69) is 20.2 Å². The van der Waals surface area contributed by atoms with Crippen LogP contribution in [0.3, 0.4) is 0 Å². The predicted octanol–water partition coefficient (Wildman–Crippen LogP) is 3.34. The van der Waals surface area contributed by atoms with Crippen molar-refractivity contribution in [3.05, 3.63) is 54.4 Å². The van der Waals surface area contributed by atoms with Crippen molar-refractivity contribution in [2.75, 3.05) is 0 Å². The number of imidazole rings is 1. The molecule has 1 aliphatic carbocycles. The topological polar surface area (TPSA) is 76.7 Å². The van der Waals surface area contributed by atoms with Crippen LogP contribution in [0.4, 0.5) is 4.39 Å². The van der Waals surface area contributed by atoms with Crippen LogP contribution < -0.4 is 0 Å². The van der Waals surface area contributed by atoms with E-state index >= 15 is 0 Å². The average molecular weight is 337 g/mol. The minimum absolute atomic E-state index is 0.0544. The van der Waals surface area contributed by atoms with Crippen molar-refractivity contribution < 1.29 is 9.50 Å². The van der Waals surface area contributed by atoms with Gasteiger partial charge in [0.05, 0.1) is 23.8 Å². The molecule has 0 amide bonds. The molecule has 0 bridgehead atoms. The van der Waals surface area contributed by atoms with Crippen LogP contribution >= 0.6 is 0 Å². The number of nitrogens with zero attached hydrogens (tertiary/aromatic N) is 5. The summed E-state index contributed by atoms with van der Waals surface area (Å²) in [5.74, 6) is 0.374. The molecule has 0 saturated heterocycles. The standard InChI is InChI=1S/C18H16FN5O/c19-16-3-1-2-12(16)8-13-10-21-18(23-22-13)15-5-4-14(9-17(15)25)24-7-6-20-11-24/h4-11,16,25H,1-3H2/b12-8-/t16-/m1/s1. The van der Waals surface area contributed by atoms with Crippen molar-refractivity contribution in [1.82, 2.24) is 24.7 Å². The quantitative estimate of drug-likeness (QED) is 0.793. The third kappa shape index (κ3) is 3.13. The molecular formula is C18H16FN5O. The molecular weight excluding hydrogens is 321 g/mol. The highest BCUT2D eigenvalue weighted by atomic mass is 19.1. The van der Waals surface area contributed by atoms with Gasteiger partial charge in [-0.1, -0.05) is 0 Å². The normalized spacial score (nSPS) is 18.8. The average Bonchev–Trinajstić information content (AvgIpc) is 3.28. The lowest BCUT2D eigenvalue weighted by Gasteiger charge is -2.07.